The van der Waals surface area contributed by atoms with Gasteiger partial charge in [0.25, 0.3) is 0 Å². The van der Waals surface area contributed by atoms with Crippen molar-refractivity contribution in [3.63, 3.8) is 0 Å². The van der Waals surface area contributed by atoms with E-state index in [0.717, 1.165) is 9.91 Å². The second kappa shape index (κ2) is 5.70. The fraction of sp³-hybridized carbons (Fsp3) is 0.538. The van der Waals surface area contributed by atoms with E-state index in [1.165, 1.54) is 11.3 Å². The lowest BCUT2D eigenvalue weighted by Gasteiger charge is -2.38. The predicted molar refractivity (Wildman–Crippen MR) is 74.1 cm³/mol. The molecule has 20 heavy (non-hydrogen) atoms. The van der Waals surface area contributed by atoms with Crippen LogP contribution in [0.2, 0.25) is 0 Å². The molecule has 0 bridgehead atoms. The third-order valence-electron chi connectivity index (χ3n) is 3.79. The number of carbonyl (C=O) groups is 3. The van der Waals surface area contributed by atoms with E-state index >= 15 is 0 Å². The normalized spacial score (nSPS) is 18.3. The minimum absolute atomic E-state index is 0.243. The van der Waals surface area contributed by atoms with E-state index in [1.54, 1.807) is 20.0 Å². The van der Waals surface area contributed by atoms with Gasteiger partial charge in [0.05, 0.1) is 5.01 Å². The zero-order valence-corrected chi connectivity index (χ0v) is 12.3. The molecule has 0 aromatic carbocycles. The molecule has 0 radical (unpaired) electrons. The standard InChI is InChI=1S/C13H17N3O3S/c1-3-13(4-2)10(17)15-12(19)16(11(13)18)7-5-9-14-6-8-20-9/h6,8H,3-5,7H2,1-2H3,(H,15,17,19). The van der Waals surface area contributed by atoms with Crippen LogP contribution in [0.3, 0.4) is 0 Å². The van der Waals surface area contributed by atoms with E-state index < -0.39 is 23.3 Å². The Balaban J connectivity index is 2.17. The Hall–Kier alpha value is -1.76. The molecule has 0 spiro atoms. The number of barbiturate groups is 1. The van der Waals surface area contributed by atoms with Gasteiger partial charge in [0.1, 0.15) is 5.41 Å². The van der Waals surface area contributed by atoms with Crippen molar-refractivity contribution in [2.45, 2.75) is 33.1 Å². The summed E-state index contributed by atoms with van der Waals surface area (Å²) < 4.78 is 0. The third kappa shape index (κ3) is 2.33. The highest BCUT2D eigenvalue weighted by molar-refractivity contribution is 7.09. The molecule has 1 fully saturated rings. The monoisotopic (exact) mass is 295 g/mol. The molecule has 6 nitrogen and oxygen atoms in total. The summed E-state index contributed by atoms with van der Waals surface area (Å²) in [5.41, 5.74) is -1.11. The number of hydrogen-bond acceptors (Lipinski definition) is 5. The third-order valence-corrected chi connectivity index (χ3v) is 4.63. The smallest absolute Gasteiger partial charge is 0.277 e. The van der Waals surface area contributed by atoms with Crippen LogP contribution in [0.5, 0.6) is 0 Å². The van der Waals surface area contributed by atoms with Gasteiger partial charge in [-0.3, -0.25) is 19.8 Å². The van der Waals surface area contributed by atoms with Crippen LogP contribution in [0.15, 0.2) is 11.6 Å². The Morgan fingerprint density at radius 1 is 1.30 bits per heavy atom. The molecule has 0 saturated carbocycles. The number of nitrogens with one attached hydrogen (secondary N) is 1. The van der Waals surface area contributed by atoms with Crippen LogP contribution in [0, 0.1) is 5.41 Å². The number of carbonyl (C=O) groups excluding carboxylic acids is 3. The maximum Gasteiger partial charge on any atom is 0.330 e. The zero-order chi connectivity index (χ0) is 14.8. The average molecular weight is 295 g/mol. The molecule has 1 aliphatic heterocycles. The minimum atomic E-state index is -1.11. The quantitative estimate of drug-likeness (QED) is 0.836. The summed E-state index contributed by atoms with van der Waals surface area (Å²) in [5, 5.41) is 5.00. The summed E-state index contributed by atoms with van der Waals surface area (Å²) in [6.07, 6.45) is 2.96. The minimum Gasteiger partial charge on any atom is -0.277 e. The van der Waals surface area contributed by atoms with Crippen LogP contribution >= 0.6 is 11.3 Å². The molecule has 1 aromatic heterocycles. The first-order valence-electron chi connectivity index (χ1n) is 6.61. The largest absolute Gasteiger partial charge is 0.330 e. The molecule has 2 rings (SSSR count). The van der Waals surface area contributed by atoms with Gasteiger partial charge in [-0.25, -0.2) is 9.78 Å². The van der Waals surface area contributed by atoms with E-state index in [0.29, 0.717) is 19.3 Å². The van der Waals surface area contributed by atoms with Crippen molar-refractivity contribution in [1.29, 1.82) is 0 Å². The summed E-state index contributed by atoms with van der Waals surface area (Å²) in [6.45, 7) is 3.82. The van der Waals surface area contributed by atoms with Gasteiger partial charge in [-0.2, -0.15) is 0 Å². The molecule has 1 aromatic rings. The summed E-state index contributed by atoms with van der Waals surface area (Å²) in [4.78, 5) is 41.6. The van der Waals surface area contributed by atoms with Crippen LogP contribution in [0.25, 0.3) is 0 Å². The van der Waals surface area contributed by atoms with Crippen molar-refractivity contribution in [3.05, 3.63) is 16.6 Å². The van der Waals surface area contributed by atoms with E-state index in [9.17, 15) is 14.4 Å². The molecule has 1 aliphatic rings. The number of nitrogens with zero attached hydrogens (tertiary/aromatic N) is 2. The molecule has 0 unspecified atom stereocenters. The van der Waals surface area contributed by atoms with Crippen molar-refractivity contribution in [1.82, 2.24) is 15.2 Å². The van der Waals surface area contributed by atoms with E-state index in [4.69, 9.17) is 0 Å². The Labute approximate surface area is 121 Å². The molecule has 4 amide bonds. The summed E-state index contributed by atoms with van der Waals surface area (Å²) in [7, 11) is 0. The number of imide groups is 2. The van der Waals surface area contributed by atoms with Crippen LogP contribution in [0.1, 0.15) is 31.7 Å². The van der Waals surface area contributed by atoms with Gasteiger partial charge < -0.3 is 0 Å². The molecule has 1 N–H and O–H groups in total. The lowest BCUT2D eigenvalue weighted by molar-refractivity contribution is -0.152. The maximum atomic E-state index is 12.5. The number of thiazole rings is 1. The van der Waals surface area contributed by atoms with Crippen molar-refractivity contribution < 1.29 is 14.4 Å². The number of hydrogen-bond donors (Lipinski definition) is 1. The first-order chi connectivity index (χ1) is 9.55. The Kier molecular flexibility index (Phi) is 4.17. The summed E-state index contributed by atoms with van der Waals surface area (Å²) >= 11 is 1.48. The number of rotatable bonds is 5. The fourth-order valence-electron chi connectivity index (χ4n) is 2.39. The summed E-state index contributed by atoms with van der Waals surface area (Å²) in [5.74, 6) is -0.879. The average Bonchev–Trinajstić information content (AvgIpc) is 2.93. The van der Waals surface area contributed by atoms with E-state index in [1.807, 2.05) is 5.38 Å². The Bertz CT molecular complexity index is 523. The maximum absolute atomic E-state index is 12.5. The second-order valence-corrected chi connectivity index (χ2v) is 5.66. The lowest BCUT2D eigenvalue weighted by atomic mass is 9.78. The highest BCUT2D eigenvalue weighted by atomic mass is 32.1. The zero-order valence-electron chi connectivity index (χ0n) is 11.5. The van der Waals surface area contributed by atoms with Crippen LogP contribution < -0.4 is 5.32 Å². The molecule has 2 heterocycles. The van der Waals surface area contributed by atoms with Gasteiger partial charge in [0, 0.05) is 24.5 Å². The highest BCUT2D eigenvalue weighted by Gasteiger charge is 2.51. The molecular weight excluding hydrogens is 278 g/mol. The van der Waals surface area contributed by atoms with Gasteiger partial charge in [-0.05, 0) is 12.8 Å². The van der Waals surface area contributed by atoms with Gasteiger partial charge in [0.15, 0.2) is 0 Å². The van der Waals surface area contributed by atoms with E-state index in [-0.39, 0.29) is 6.54 Å². The topological polar surface area (TPSA) is 79.4 Å². The van der Waals surface area contributed by atoms with Gasteiger partial charge in [-0.1, -0.05) is 13.8 Å². The number of amides is 4. The first kappa shape index (κ1) is 14.6. The van der Waals surface area contributed by atoms with E-state index in [2.05, 4.69) is 10.3 Å². The van der Waals surface area contributed by atoms with Gasteiger partial charge in [0.2, 0.25) is 11.8 Å². The molecular formula is C13H17N3O3S. The van der Waals surface area contributed by atoms with Crippen molar-refractivity contribution in [2.75, 3.05) is 6.54 Å². The number of urea groups is 1. The highest BCUT2D eigenvalue weighted by Crippen LogP contribution is 2.32. The van der Waals surface area contributed by atoms with Crippen molar-refractivity contribution in [2.24, 2.45) is 5.41 Å². The fourth-order valence-corrected chi connectivity index (χ4v) is 3.00. The van der Waals surface area contributed by atoms with Crippen LogP contribution in [0.4, 0.5) is 4.79 Å². The molecule has 0 aliphatic carbocycles. The van der Waals surface area contributed by atoms with Crippen LogP contribution in [-0.2, 0) is 16.0 Å². The second-order valence-electron chi connectivity index (χ2n) is 4.68. The van der Waals surface area contributed by atoms with Crippen molar-refractivity contribution in [3.8, 4) is 0 Å². The lowest BCUT2D eigenvalue weighted by Crippen LogP contribution is -2.63. The molecule has 1 saturated heterocycles. The number of aromatic nitrogens is 1. The predicted octanol–water partition coefficient (Wildman–Crippen LogP) is 1.57. The Morgan fingerprint density at radius 3 is 2.55 bits per heavy atom. The van der Waals surface area contributed by atoms with Gasteiger partial charge >= 0.3 is 6.03 Å². The molecule has 0 atom stereocenters. The van der Waals surface area contributed by atoms with Crippen molar-refractivity contribution >= 4 is 29.2 Å². The summed E-state index contributed by atoms with van der Waals surface area (Å²) in [6, 6.07) is -0.630. The SMILES string of the molecule is CCC1(CC)C(=O)NC(=O)N(CCc2nccs2)C1=O. The van der Waals surface area contributed by atoms with Crippen LogP contribution in [-0.4, -0.2) is 34.3 Å². The van der Waals surface area contributed by atoms with Gasteiger partial charge in [-0.15, -0.1) is 11.3 Å². The molecule has 7 heteroatoms. The first-order valence-corrected chi connectivity index (χ1v) is 7.49. The Morgan fingerprint density at radius 2 is 2.00 bits per heavy atom. The molecule has 108 valence electrons.